The lowest BCUT2D eigenvalue weighted by Crippen LogP contribution is -2.71. The zero-order valence-corrected chi connectivity index (χ0v) is 11.9. The van der Waals surface area contributed by atoms with E-state index in [1.807, 2.05) is 20.8 Å². The van der Waals surface area contributed by atoms with Crippen LogP contribution in [0.5, 0.6) is 0 Å². The first-order valence-electron chi connectivity index (χ1n) is 6.21. The summed E-state index contributed by atoms with van der Waals surface area (Å²) in [5.41, 5.74) is -3.44. The molecule has 1 saturated heterocycles. The molecule has 3 amide bonds. The van der Waals surface area contributed by atoms with Gasteiger partial charge in [0.1, 0.15) is 0 Å². The standard InChI is InChI=1S/C12H19FN2O5/c1-5-19-9(17)12(13)7(16)14-10(18)15-8(12)20-6-11(2,3)4/h8H,5-6H2,1-4H3,(H2,14,15,16,18). The number of hydrogen-bond donors (Lipinski definition) is 2. The molecule has 0 saturated carbocycles. The lowest BCUT2D eigenvalue weighted by molar-refractivity contribution is -0.181. The van der Waals surface area contributed by atoms with Gasteiger partial charge < -0.3 is 14.8 Å². The summed E-state index contributed by atoms with van der Waals surface area (Å²) in [5.74, 6) is -2.78. The first-order chi connectivity index (χ1) is 9.11. The maximum atomic E-state index is 14.7. The second kappa shape index (κ2) is 5.74. The predicted molar refractivity (Wildman–Crippen MR) is 66.3 cm³/mol. The van der Waals surface area contributed by atoms with E-state index in [1.54, 1.807) is 5.32 Å². The highest BCUT2D eigenvalue weighted by Crippen LogP contribution is 2.25. The molecular weight excluding hydrogens is 271 g/mol. The molecule has 0 aromatic carbocycles. The van der Waals surface area contributed by atoms with Gasteiger partial charge in [-0.05, 0) is 12.3 Å². The number of nitrogens with one attached hydrogen (secondary N) is 2. The van der Waals surface area contributed by atoms with Crippen molar-refractivity contribution in [3.05, 3.63) is 0 Å². The van der Waals surface area contributed by atoms with Crippen LogP contribution in [0, 0.1) is 5.41 Å². The molecule has 2 N–H and O–H groups in total. The van der Waals surface area contributed by atoms with E-state index in [-0.39, 0.29) is 18.6 Å². The largest absolute Gasteiger partial charge is 0.463 e. The van der Waals surface area contributed by atoms with Gasteiger partial charge >= 0.3 is 17.7 Å². The van der Waals surface area contributed by atoms with Crippen molar-refractivity contribution in [2.45, 2.75) is 39.6 Å². The van der Waals surface area contributed by atoms with Gasteiger partial charge in [-0.2, -0.15) is 0 Å². The van der Waals surface area contributed by atoms with Crippen molar-refractivity contribution in [3.63, 3.8) is 0 Å². The topological polar surface area (TPSA) is 93.7 Å². The van der Waals surface area contributed by atoms with Crippen molar-refractivity contribution in [2.75, 3.05) is 13.2 Å². The van der Waals surface area contributed by atoms with Crippen molar-refractivity contribution in [3.8, 4) is 0 Å². The molecule has 1 rings (SSSR count). The van der Waals surface area contributed by atoms with Gasteiger partial charge in [0.25, 0.3) is 5.91 Å². The van der Waals surface area contributed by atoms with E-state index in [4.69, 9.17) is 4.74 Å². The normalized spacial score (nSPS) is 26.8. The zero-order chi connectivity index (χ0) is 15.6. The molecule has 8 heteroatoms. The molecule has 1 fully saturated rings. The van der Waals surface area contributed by atoms with Crippen LogP contribution in [0.4, 0.5) is 9.18 Å². The predicted octanol–water partition coefficient (Wildman–Crippen LogP) is 0.486. The van der Waals surface area contributed by atoms with Crippen LogP contribution in [0.3, 0.4) is 0 Å². The Morgan fingerprint density at radius 1 is 1.40 bits per heavy atom. The Kier molecular flexibility index (Phi) is 4.69. The van der Waals surface area contributed by atoms with Crippen molar-refractivity contribution in [2.24, 2.45) is 5.41 Å². The number of rotatable bonds is 4. The molecular formula is C12H19FN2O5. The number of amides is 3. The number of imide groups is 1. The molecule has 1 heterocycles. The van der Waals surface area contributed by atoms with Crippen LogP contribution in [0.2, 0.25) is 0 Å². The molecule has 2 atom stereocenters. The minimum absolute atomic E-state index is 0.0380. The van der Waals surface area contributed by atoms with Crippen LogP contribution < -0.4 is 10.6 Å². The summed E-state index contributed by atoms with van der Waals surface area (Å²) in [6.45, 7) is 6.88. The first-order valence-corrected chi connectivity index (χ1v) is 6.21. The Morgan fingerprint density at radius 2 is 2.00 bits per heavy atom. The van der Waals surface area contributed by atoms with Gasteiger partial charge in [0, 0.05) is 0 Å². The number of carbonyl (C=O) groups excluding carboxylic acids is 3. The lowest BCUT2D eigenvalue weighted by atomic mass is 9.97. The highest BCUT2D eigenvalue weighted by molar-refractivity contribution is 6.14. The minimum Gasteiger partial charge on any atom is -0.463 e. The van der Waals surface area contributed by atoms with Crippen LogP contribution in [0.15, 0.2) is 0 Å². The number of carbonyl (C=O) groups is 3. The zero-order valence-electron chi connectivity index (χ0n) is 11.9. The third-order valence-electron chi connectivity index (χ3n) is 2.44. The smallest absolute Gasteiger partial charge is 0.358 e. The monoisotopic (exact) mass is 290 g/mol. The summed E-state index contributed by atoms with van der Waals surface area (Å²) >= 11 is 0. The van der Waals surface area contributed by atoms with E-state index in [0.29, 0.717) is 0 Å². The van der Waals surface area contributed by atoms with Crippen LogP contribution in [0.1, 0.15) is 27.7 Å². The summed E-state index contributed by atoms with van der Waals surface area (Å²) in [5, 5.41) is 3.77. The van der Waals surface area contributed by atoms with E-state index in [0.717, 1.165) is 0 Å². The maximum Gasteiger partial charge on any atom is 0.358 e. The number of ether oxygens (including phenoxy) is 2. The molecule has 7 nitrogen and oxygen atoms in total. The fourth-order valence-electron chi connectivity index (χ4n) is 1.49. The summed E-state index contributed by atoms with van der Waals surface area (Å²) in [4.78, 5) is 34.6. The second-order valence-corrected chi connectivity index (χ2v) is 5.61. The summed E-state index contributed by atoms with van der Waals surface area (Å²) in [6.07, 6.45) is -1.72. The molecule has 20 heavy (non-hydrogen) atoms. The quantitative estimate of drug-likeness (QED) is 0.580. The molecule has 0 aliphatic carbocycles. The number of hydrogen-bond acceptors (Lipinski definition) is 5. The van der Waals surface area contributed by atoms with Crippen molar-refractivity contribution in [1.29, 1.82) is 0 Å². The van der Waals surface area contributed by atoms with E-state index < -0.39 is 29.8 Å². The molecule has 1 aliphatic rings. The highest BCUT2D eigenvalue weighted by atomic mass is 19.1. The third kappa shape index (κ3) is 3.44. The van der Waals surface area contributed by atoms with Crippen LogP contribution >= 0.6 is 0 Å². The molecule has 0 bridgehead atoms. The average molecular weight is 290 g/mol. The number of alkyl halides is 1. The molecule has 0 aromatic rings. The van der Waals surface area contributed by atoms with Crippen LogP contribution in [-0.4, -0.2) is 43.0 Å². The van der Waals surface area contributed by atoms with Crippen molar-refractivity contribution < 1.29 is 28.2 Å². The fraction of sp³-hybridized carbons (Fsp3) is 0.750. The second-order valence-electron chi connectivity index (χ2n) is 5.61. The number of esters is 1. The van der Waals surface area contributed by atoms with Crippen LogP contribution in [0.25, 0.3) is 0 Å². The lowest BCUT2D eigenvalue weighted by Gasteiger charge is -2.35. The van der Waals surface area contributed by atoms with Crippen molar-refractivity contribution >= 4 is 17.9 Å². The molecule has 1 aliphatic heterocycles. The van der Waals surface area contributed by atoms with Gasteiger partial charge in [-0.25, -0.2) is 14.0 Å². The highest BCUT2D eigenvalue weighted by Gasteiger charge is 2.60. The van der Waals surface area contributed by atoms with Crippen LogP contribution in [-0.2, 0) is 19.1 Å². The SMILES string of the molecule is CCOC(=O)C1(F)C(=O)NC(=O)NC1OCC(C)(C)C. The van der Waals surface area contributed by atoms with Gasteiger partial charge in [-0.3, -0.25) is 10.1 Å². The number of halogens is 1. The van der Waals surface area contributed by atoms with Gasteiger partial charge in [0.2, 0.25) is 0 Å². The van der Waals surface area contributed by atoms with Gasteiger partial charge in [-0.15, -0.1) is 0 Å². The summed E-state index contributed by atoms with van der Waals surface area (Å²) < 4.78 is 24.5. The Balaban J connectivity index is 2.97. The molecule has 0 aromatic heterocycles. The van der Waals surface area contributed by atoms with Crippen molar-refractivity contribution in [1.82, 2.24) is 10.6 Å². The third-order valence-corrected chi connectivity index (χ3v) is 2.44. The van der Waals surface area contributed by atoms with Gasteiger partial charge in [0.15, 0.2) is 6.23 Å². The first kappa shape index (κ1) is 16.4. The van der Waals surface area contributed by atoms with Gasteiger partial charge in [-0.1, -0.05) is 20.8 Å². The molecule has 0 spiro atoms. The van der Waals surface area contributed by atoms with Gasteiger partial charge in [0.05, 0.1) is 13.2 Å². The Hall–Kier alpha value is -1.70. The maximum absolute atomic E-state index is 14.7. The molecule has 2 unspecified atom stereocenters. The average Bonchev–Trinajstić information content (AvgIpc) is 2.31. The van der Waals surface area contributed by atoms with E-state index >= 15 is 0 Å². The number of urea groups is 1. The Bertz CT molecular complexity index is 421. The molecule has 0 radical (unpaired) electrons. The van der Waals surface area contributed by atoms with E-state index in [9.17, 15) is 18.8 Å². The molecule has 114 valence electrons. The minimum atomic E-state index is -3.10. The fourth-order valence-corrected chi connectivity index (χ4v) is 1.49. The summed E-state index contributed by atoms with van der Waals surface area (Å²) in [7, 11) is 0. The van der Waals surface area contributed by atoms with E-state index in [1.165, 1.54) is 6.92 Å². The van der Waals surface area contributed by atoms with E-state index in [2.05, 4.69) is 10.1 Å². The summed E-state index contributed by atoms with van der Waals surface area (Å²) in [6, 6.07) is -0.925. The Labute approximate surface area is 116 Å². The Morgan fingerprint density at radius 3 is 2.50 bits per heavy atom.